The number of pyridine rings is 1. The zero-order chi connectivity index (χ0) is 16.7. The van der Waals surface area contributed by atoms with E-state index in [0.29, 0.717) is 13.0 Å². The molecular formula is C16H19N7O. The van der Waals surface area contributed by atoms with Gasteiger partial charge in [0.25, 0.3) is 0 Å². The highest BCUT2D eigenvalue weighted by Gasteiger charge is 2.26. The molecule has 0 aromatic carbocycles. The van der Waals surface area contributed by atoms with E-state index in [1.165, 1.54) is 0 Å². The highest BCUT2D eigenvalue weighted by Crippen LogP contribution is 2.35. The fraction of sp³-hybridized carbons (Fsp3) is 0.312. The molecule has 0 spiro atoms. The van der Waals surface area contributed by atoms with E-state index in [1.807, 2.05) is 18.3 Å². The number of nitrogen functional groups attached to an aromatic ring is 1. The number of aromatic nitrogens is 4. The van der Waals surface area contributed by atoms with Gasteiger partial charge in [0, 0.05) is 43.3 Å². The van der Waals surface area contributed by atoms with Gasteiger partial charge in [-0.1, -0.05) is 0 Å². The summed E-state index contributed by atoms with van der Waals surface area (Å²) in [5, 5.41) is 10.8. The summed E-state index contributed by atoms with van der Waals surface area (Å²) in [5.74, 6) is 0.232. The van der Waals surface area contributed by atoms with E-state index in [0.717, 1.165) is 34.5 Å². The summed E-state index contributed by atoms with van der Waals surface area (Å²) in [6.07, 6.45) is 5.47. The fourth-order valence-electron chi connectivity index (χ4n) is 3.22. The summed E-state index contributed by atoms with van der Waals surface area (Å²) in [7, 11) is 0. The van der Waals surface area contributed by atoms with Crippen LogP contribution in [0.25, 0.3) is 22.3 Å². The Kier molecular flexibility index (Phi) is 3.55. The third kappa shape index (κ3) is 2.45. The van der Waals surface area contributed by atoms with Crippen LogP contribution in [0, 0.1) is 0 Å². The molecule has 8 heteroatoms. The molecule has 0 radical (unpaired) electrons. The van der Waals surface area contributed by atoms with Crippen LogP contribution in [0.5, 0.6) is 0 Å². The second kappa shape index (κ2) is 5.73. The van der Waals surface area contributed by atoms with E-state index in [9.17, 15) is 5.11 Å². The van der Waals surface area contributed by atoms with Crippen molar-refractivity contribution in [3.8, 4) is 11.3 Å². The van der Waals surface area contributed by atoms with Gasteiger partial charge in [-0.25, -0.2) is 15.0 Å². The number of H-pyrrole nitrogens is 1. The van der Waals surface area contributed by atoms with E-state index in [2.05, 4.69) is 24.8 Å². The van der Waals surface area contributed by atoms with Crippen molar-refractivity contribution in [1.82, 2.24) is 19.9 Å². The number of aliphatic hydroxyl groups is 1. The Bertz CT molecular complexity index is 878. The molecule has 4 rings (SSSR count). The van der Waals surface area contributed by atoms with Crippen molar-refractivity contribution in [1.29, 1.82) is 0 Å². The maximum Gasteiger partial charge on any atom is 0.220 e. The van der Waals surface area contributed by atoms with Gasteiger partial charge in [0.15, 0.2) is 0 Å². The first-order valence-corrected chi connectivity index (χ1v) is 7.87. The lowest BCUT2D eigenvalue weighted by molar-refractivity contribution is 0.125. The average Bonchev–Trinajstić information content (AvgIpc) is 3.01. The van der Waals surface area contributed by atoms with E-state index in [1.54, 1.807) is 12.4 Å². The Balaban J connectivity index is 1.83. The maximum absolute atomic E-state index is 9.88. The van der Waals surface area contributed by atoms with Crippen molar-refractivity contribution in [2.75, 3.05) is 23.7 Å². The van der Waals surface area contributed by atoms with Gasteiger partial charge in [0.1, 0.15) is 5.65 Å². The number of piperidine rings is 1. The highest BCUT2D eigenvalue weighted by atomic mass is 16.3. The second-order valence-corrected chi connectivity index (χ2v) is 6.02. The van der Waals surface area contributed by atoms with Crippen LogP contribution in [0.15, 0.2) is 30.7 Å². The SMILES string of the molecule is Nc1nccc(-c2c[nH]c3nccc(N4CC[C@@H](O)[C@H](N)C4)c23)n1. The van der Waals surface area contributed by atoms with Gasteiger partial charge in [-0.2, -0.15) is 0 Å². The Morgan fingerprint density at radius 2 is 2.08 bits per heavy atom. The highest BCUT2D eigenvalue weighted by molar-refractivity contribution is 6.02. The van der Waals surface area contributed by atoms with E-state index in [-0.39, 0.29) is 12.0 Å². The number of anilines is 2. The molecule has 0 unspecified atom stereocenters. The molecule has 1 aliphatic heterocycles. The number of rotatable bonds is 2. The van der Waals surface area contributed by atoms with Gasteiger partial charge in [-0.15, -0.1) is 0 Å². The molecule has 124 valence electrons. The molecule has 0 amide bonds. The summed E-state index contributed by atoms with van der Waals surface area (Å²) in [5.41, 5.74) is 15.2. The van der Waals surface area contributed by atoms with Crippen LogP contribution in [0.2, 0.25) is 0 Å². The standard InChI is InChI=1S/C16H19N7O/c17-10-8-23(6-3-13(10)24)12-2-5-19-15-14(12)9(7-21-15)11-1-4-20-16(18)22-11/h1-2,4-5,7,10,13,24H,3,6,8,17H2,(H,19,21)(H2,18,20,22)/t10-,13-/m1/s1. The molecule has 24 heavy (non-hydrogen) atoms. The first-order chi connectivity index (χ1) is 11.6. The number of nitrogens with two attached hydrogens (primary N) is 2. The molecule has 0 saturated carbocycles. The van der Waals surface area contributed by atoms with E-state index < -0.39 is 6.10 Å². The van der Waals surface area contributed by atoms with E-state index in [4.69, 9.17) is 11.5 Å². The van der Waals surface area contributed by atoms with Crippen molar-refractivity contribution in [2.45, 2.75) is 18.6 Å². The lowest BCUT2D eigenvalue weighted by atomic mass is 10.0. The smallest absolute Gasteiger partial charge is 0.220 e. The fourth-order valence-corrected chi connectivity index (χ4v) is 3.22. The Labute approximate surface area is 138 Å². The van der Waals surface area contributed by atoms with Crippen molar-refractivity contribution in [3.63, 3.8) is 0 Å². The molecule has 4 heterocycles. The summed E-state index contributed by atoms with van der Waals surface area (Å²) in [6, 6.07) is 3.52. The Hall–Kier alpha value is -2.71. The zero-order valence-corrected chi connectivity index (χ0v) is 13.1. The molecule has 0 aliphatic carbocycles. The van der Waals surface area contributed by atoms with Gasteiger partial charge in [-0.3, -0.25) is 0 Å². The van der Waals surface area contributed by atoms with Crippen molar-refractivity contribution < 1.29 is 5.11 Å². The van der Waals surface area contributed by atoms with Crippen LogP contribution >= 0.6 is 0 Å². The van der Waals surface area contributed by atoms with Gasteiger partial charge >= 0.3 is 0 Å². The number of hydrogen-bond donors (Lipinski definition) is 4. The molecule has 1 aliphatic rings. The lowest BCUT2D eigenvalue weighted by Crippen LogP contribution is -2.51. The topological polar surface area (TPSA) is 130 Å². The van der Waals surface area contributed by atoms with Gasteiger partial charge in [0.05, 0.1) is 22.9 Å². The van der Waals surface area contributed by atoms with Crippen LogP contribution in [0.3, 0.4) is 0 Å². The minimum Gasteiger partial charge on any atom is -0.391 e. The molecule has 3 aromatic rings. The third-order valence-corrected chi connectivity index (χ3v) is 4.46. The van der Waals surface area contributed by atoms with Crippen molar-refractivity contribution in [2.24, 2.45) is 5.73 Å². The predicted molar refractivity (Wildman–Crippen MR) is 92.3 cm³/mol. The van der Waals surface area contributed by atoms with Crippen LogP contribution < -0.4 is 16.4 Å². The van der Waals surface area contributed by atoms with Crippen molar-refractivity contribution in [3.05, 3.63) is 30.7 Å². The predicted octanol–water partition coefficient (Wildman–Crippen LogP) is 0.500. The van der Waals surface area contributed by atoms with Crippen molar-refractivity contribution >= 4 is 22.7 Å². The molecule has 8 nitrogen and oxygen atoms in total. The lowest BCUT2D eigenvalue weighted by Gasteiger charge is -2.36. The Morgan fingerprint density at radius 3 is 2.88 bits per heavy atom. The third-order valence-electron chi connectivity index (χ3n) is 4.46. The van der Waals surface area contributed by atoms with Gasteiger partial charge < -0.3 is 26.5 Å². The molecule has 2 atom stereocenters. The largest absolute Gasteiger partial charge is 0.391 e. The minimum atomic E-state index is -0.453. The van der Waals surface area contributed by atoms with Crippen LogP contribution in [-0.2, 0) is 0 Å². The maximum atomic E-state index is 9.88. The number of fused-ring (bicyclic) bond motifs is 1. The van der Waals surface area contributed by atoms with Gasteiger partial charge in [0.2, 0.25) is 5.95 Å². The summed E-state index contributed by atoms with van der Waals surface area (Å²) in [4.78, 5) is 18.0. The summed E-state index contributed by atoms with van der Waals surface area (Å²) in [6.45, 7) is 1.33. The Morgan fingerprint density at radius 1 is 1.25 bits per heavy atom. The second-order valence-electron chi connectivity index (χ2n) is 6.02. The molecule has 1 fully saturated rings. The number of aliphatic hydroxyl groups excluding tert-OH is 1. The minimum absolute atomic E-state index is 0.232. The molecule has 6 N–H and O–H groups in total. The van der Waals surface area contributed by atoms with Crippen LogP contribution in [0.4, 0.5) is 11.6 Å². The number of nitrogens with one attached hydrogen (secondary N) is 1. The van der Waals surface area contributed by atoms with Gasteiger partial charge in [-0.05, 0) is 18.6 Å². The molecular weight excluding hydrogens is 306 g/mol. The first-order valence-electron chi connectivity index (χ1n) is 7.87. The first kappa shape index (κ1) is 14.9. The monoisotopic (exact) mass is 325 g/mol. The van der Waals surface area contributed by atoms with Crippen LogP contribution in [0.1, 0.15) is 6.42 Å². The van der Waals surface area contributed by atoms with E-state index >= 15 is 0 Å². The molecule has 0 bridgehead atoms. The molecule has 1 saturated heterocycles. The summed E-state index contributed by atoms with van der Waals surface area (Å²) < 4.78 is 0. The van der Waals surface area contributed by atoms with Crippen LogP contribution in [-0.4, -0.2) is 50.3 Å². The number of aromatic amines is 1. The summed E-state index contributed by atoms with van der Waals surface area (Å²) >= 11 is 0. The normalized spacial score (nSPS) is 21.3. The molecule has 3 aromatic heterocycles. The zero-order valence-electron chi connectivity index (χ0n) is 13.1. The number of nitrogens with zero attached hydrogens (tertiary/aromatic N) is 4. The average molecular weight is 325 g/mol. The quantitative estimate of drug-likeness (QED) is 0.540. The number of hydrogen-bond acceptors (Lipinski definition) is 7.